The average molecular weight is 173 g/mol. The standard InChI is InChI=1S/C10H23NO/c1-5-9(6-2)10(11-3)7-8-12-4/h9-11H,5-8H2,1-4H3. The van der Waals surface area contributed by atoms with Crippen molar-refractivity contribution in [1.82, 2.24) is 5.32 Å². The summed E-state index contributed by atoms with van der Waals surface area (Å²) in [7, 11) is 3.80. The molecule has 2 nitrogen and oxygen atoms in total. The Morgan fingerprint density at radius 1 is 1.25 bits per heavy atom. The maximum absolute atomic E-state index is 5.07. The van der Waals surface area contributed by atoms with Crippen LogP contribution >= 0.6 is 0 Å². The summed E-state index contributed by atoms with van der Waals surface area (Å²) in [4.78, 5) is 0. The minimum Gasteiger partial charge on any atom is -0.385 e. The Bertz CT molecular complexity index is 91.8. The van der Waals surface area contributed by atoms with Crippen molar-refractivity contribution >= 4 is 0 Å². The van der Waals surface area contributed by atoms with Crippen molar-refractivity contribution in [3.63, 3.8) is 0 Å². The average Bonchev–Trinajstić information content (AvgIpc) is 2.12. The molecule has 74 valence electrons. The SMILES string of the molecule is CCC(CC)C(CCOC)NC. The minimum absolute atomic E-state index is 0.625. The third-order valence-corrected chi connectivity index (χ3v) is 2.62. The second-order valence-electron chi connectivity index (χ2n) is 3.25. The molecule has 2 heteroatoms. The van der Waals surface area contributed by atoms with Gasteiger partial charge in [-0.25, -0.2) is 0 Å². The van der Waals surface area contributed by atoms with Gasteiger partial charge >= 0.3 is 0 Å². The van der Waals surface area contributed by atoms with Gasteiger partial charge in [-0.05, 0) is 19.4 Å². The van der Waals surface area contributed by atoms with Crippen molar-refractivity contribution in [2.24, 2.45) is 5.92 Å². The summed E-state index contributed by atoms with van der Waals surface area (Å²) < 4.78 is 5.07. The zero-order chi connectivity index (χ0) is 9.40. The fraction of sp³-hybridized carbons (Fsp3) is 1.00. The van der Waals surface area contributed by atoms with Crippen LogP contribution in [0.2, 0.25) is 0 Å². The Labute approximate surface area is 76.7 Å². The van der Waals surface area contributed by atoms with Gasteiger partial charge in [0.25, 0.3) is 0 Å². The fourth-order valence-electron chi connectivity index (χ4n) is 1.72. The lowest BCUT2D eigenvalue weighted by Gasteiger charge is -2.24. The second-order valence-corrected chi connectivity index (χ2v) is 3.25. The predicted octanol–water partition coefficient (Wildman–Crippen LogP) is 2.05. The van der Waals surface area contributed by atoms with Gasteiger partial charge in [0.15, 0.2) is 0 Å². The lowest BCUT2D eigenvalue weighted by atomic mass is 9.92. The molecule has 1 N–H and O–H groups in total. The molecule has 1 unspecified atom stereocenters. The molecule has 12 heavy (non-hydrogen) atoms. The van der Waals surface area contributed by atoms with E-state index in [4.69, 9.17) is 4.74 Å². The number of nitrogens with one attached hydrogen (secondary N) is 1. The van der Waals surface area contributed by atoms with Gasteiger partial charge < -0.3 is 10.1 Å². The molecule has 0 saturated carbocycles. The van der Waals surface area contributed by atoms with Crippen molar-refractivity contribution in [3.05, 3.63) is 0 Å². The molecule has 0 bridgehead atoms. The molecule has 0 spiro atoms. The molecule has 0 aromatic rings. The molecule has 0 aliphatic rings. The van der Waals surface area contributed by atoms with Crippen LogP contribution in [0.3, 0.4) is 0 Å². The van der Waals surface area contributed by atoms with Crippen LogP contribution in [0.4, 0.5) is 0 Å². The topological polar surface area (TPSA) is 21.3 Å². The van der Waals surface area contributed by atoms with E-state index in [1.54, 1.807) is 7.11 Å². The van der Waals surface area contributed by atoms with Gasteiger partial charge in [0, 0.05) is 19.8 Å². The highest BCUT2D eigenvalue weighted by Gasteiger charge is 2.15. The Morgan fingerprint density at radius 2 is 1.83 bits per heavy atom. The molecule has 0 saturated heterocycles. The largest absolute Gasteiger partial charge is 0.385 e. The van der Waals surface area contributed by atoms with E-state index < -0.39 is 0 Å². The Hall–Kier alpha value is -0.0800. The molecule has 0 amide bonds. The Balaban J connectivity index is 3.75. The summed E-state index contributed by atoms with van der Waals surface area (Å²) in [5.74, 6) is 0.796. The summed E-state index contributed by atoms with van der Waals surface area (Å²) in [5.41, 5.74) is 0. The highest BCUT2D eigenvalue weighted by atomic mass is 16.5. The maximum atomic E-state index is 5.07. The third kappa shape index (κ3) is 4.07. The summed E-state index contributed by atoms with van der Waals surface area (Å²) in [6.07, 6.45) is 3.64. The van der Waals surface area contributed by atoms with Gasteiger partial charge in [0.1, 0.15) is 0 Å². The van der Waals surface area contributed by atoms with E-state index in [9.17, 15) is 0 Å². The molecule has 0 fully saturated rings. The number of rotatable bonds is 7. The van der Waals surface area contributed by atoms with Crippen molar-refractivity contribution < 1.29 is 4.74 Å². The molecule has 0 radical (unpaired) electrons. The van der Waals surface area contributed by atoms with E-state index in [1.807, 2.05) is 7.05 Å². The van der Waals surface area contributed by atoms with Crippen molar-refractivity contribution in [2.75, 3.05) is 20.8 Å². The van der Waals surface area contributed by atoms with Crippen molar-refractivity contribution in [1.29, 1.82) is 0 Å². The first-order valence-electron chi connectivity index (χ1n) is 4.96. The summed E-state index contributed by atoms with van der Waals surface area (Å²) in [6, 6.07) is 0.625. The molecule has 0 aromatic carbocycles. The van der Waals surface area contributed by atoms with Crippen LogP contribution in [-0.2, 0) is 4.74 Å². The molecule has 1 atom stereocenters. The van der Waals surface area contributed by atoms with E-state index in [-0.39, 0.29) is 0 Å². The summed E-state index contributed by atoms with van der Waals surface area (Å²) >= 11 is 0. The van der Waals surface area contributed by atoms with Crippen LogP contribution in [0.5, 0.6) is 0 Å². The van der Waals surface area contributed by atoms with Crippen LogP contribution in [-0.4, -0.2) is 26.8 Å². The summed E-state index contributed by atoms with van der Waals surface area (Å²) in [5, 5.41) is 3.36. The zero-order valence-electron chi connectivity index (χ0n) is 8.89. The zero-order valence-corrected chi connectivity index (χ0v) is 8.89. The highest BCUT2D eigenvalue weighted by molar-refractivity contribution is 4.72. The van der Waals surface area contributed by atoms with Gasteiger partial charge in [-0.1, -0.05) is 26.7 Å². The highest BCUT2D eigenvalue weighted by Crippen LogP contribution is 2.15. The van der Waals surface area contributed by atoms with E-state index >= 15 is 0 Å². The summed E-state index contributed by atoms with van der Waals surface area (Å²) in [6.45, 7) is 5.37. The Kier molecular flexibility index (Phi) is 7.51. The lowest BCUT2D eigenvalue weighted by Crippen LogP contribution is -2.34. The monoisotopic (exact) mass is 173 g/mol. The number of hydrogen-bond donors (Lipinski definition) is 1. The number of methoxy groups -OCH3 is 1. The van der Waals surface area contributed by atoms with Crippen LogP contribution in [0.25, 0.3) is 0 Å². The van der Waals surface area contributed by atoms with Crippen LogP contribution in [0.1, 0.15) is 33.1 Å². The molecule has 0 heterocycles. The van der Waals surface area contributed by atoms with E-state index in [1.165, 1.54) is 12.8 Å². The molecule has 0 aliphatic carbocycles. The number of hydrogen-bond acceptors (Lipinski definition) is 2. The minimum atomic E-state index is 0.625. The predicted molar refractivity (Wildman–Crippen MR) is 53.4 cm³/mol. The van der Waals surface area contributed by atoms with E-state index in [2.05, 4.69) is 19.2 Å². The molecular formula is C10H23NO. The van der Waals surface area contributed by atoms with Gasteiger partial charge in [0.05, 0.1) is 0 Å². The van der Waals surface area contributed by atoms with Crippen molar-refractivity contribution in [3.8, 4) is 0 Å². The van der Waals surface area contributed by atoms with Crippen LogP contribution in [0.15, 0.2) is 0 Å². The fourth-order valence-corrected chi connectivity index (χ4v) is 1.72. The lowest BCUT2D eigenvalue weighted by molar-refractivity contribution is 0.170. The second kappa shape index (κ2) is 7.56. The van der Waals surface area contributed by atoms with Gasteiger partial charge in [-0.2, -0.15) is 0 Å². The molecule has 0 aromatic heterocycles. The maximum Gasteiger partial charge on any atom is 0.0477 e. The van der Waals surface area contributed by atoms with Crippen LogP contribution < -0.4 is 5.32 Å². The first-order chi connectivity index (χ1) is 5.79. The van der Waals surface area contributed by atoms with Gasteiger partial charge in [0.2, 0.25) is 0 Å². The van der Waals surface area contributed by atoms with E-state index in [0.29, 0.717) is 6.04 Å². The van der Waals surface area contributed by atoms with E-state index in [0.717, 1.165) is 18.9 Å². The molecular weight excluding hydrogens is 150 g/mol. The normalized spacial score (nSPS) is 13.8. The van der Waals surface area contributed by atoms with Gasteiger partial charge in [-0.3, -0.25) is 0 Å². The van der Waals surface area contributed by atoms with Crippen LogP contribution in [0, 0.1) is 5.92 Å². The quantitative estimate of drug-likeness (QED) is 0.636. The molecule has 0 rings (SSSR count). The van der Waals surface area contributed by atoms with Gasteiger partial charge in [-0.15, -0.1) is 0 Å². The molecule has 0 aliphatic heterocycles. The number of ether oxygens (including phenoxy) is 1. The third-order valence-electron chi connectivity index (χ3n) is 2.62. The first kappa shape index (κ1) is 11.9. The Morgan fingerprint density at radius 3 is 2.17 bits per heavy atom. The van der Waals surface area contributed by atoms with Crippen molar-refractivity contribution in [2.45, 2.75) is 39.2 Å². The first-order valence-corrected chi connectivity index (χ1v) is 4.96. The smallest absolute Gasteiger partial charge is 0.0477 e.